The van der Waals surface area contributed by atoms with Crippen LogP contribution in [0.4, 0.5) is 0 Å². The van der Waals surface area contributed by atoms with Crippen molar-refractivity contribution in [1.29, 1.82) is 0 Å². The lowest BCUT2D eigenvalue weighted by atomic mass is 10.1. The van der Waals surface area contributed by atoms with Gasteiger partial charge in [-0.1, -0.05) is 0 Å². The fraction of sp³-hybridized carbons (Fsp3) is 0.769. The van der Waals surface area contributed by atoms with Gasteiger partial charge in [0.2, 0.25) is 0 Å². The maximum atomic E-state index is 9.66. The number of hydrogen-bond donors (Lipinski definition) is 1. The first-order valence-electron chi connectivity index (χ1n) is 6.77. The van der Waals surface area contributed by atoms with Crippen molar-refractivity contribution < 1.29 is 9.84 Å². The molecule has 3 rings (SSSR count). The molecule has 18 heavy (non-hydrogen) atoms. The van der Waals surface area contributed by atoms with E-state index in [1.165, 1.54) is 0 Å². The molecule has 2 unspecified atom stereocenters. The molecule has 2 aliphatic rings. The number of ether oxygens (including phenoxy) is 1. The first-order chi connectivity index (χ1) is 8.81. The molecular formula is C13H20N2O2S. The van der Waals surface area contributed by atoms with E-state index in [9.17, 15) is 5.11 Å². The predicted molar refractivity (Wildman–Crippen MR) is 70.6 cm³/mol. The second kappa shape index (κ2) is 5.65. The van der Waals surface area contributed by atoms with Crippen LogP contribution in [-0.2, 0) is 11.3 Å². The van der Waals surface area contributed by atoms with Gasteiger partial charge in [-0.25, -0.2) is 4.98 Å². The number of thiazole rings is 1. The van der Waals surface area contributed by atoms with Crippen LogP contribution in [0, 0.1) is 0 Å². The van der Waals surface area contributed by atoms with E-state index in [0.29, 0.717) is 0 Å². The third-order valence-corrected chi connectivity index (χ3v) is 4.63. The van der Waals surface area contributed by atoms with Gasteiger partial charge in [-0.15, -0.1) is 11.3 Å². The summed E-state index contributed by atoms with van der Waals surface area (Å²) < 4.78 is 5.65. The molecule has 1 aromatic rings. The number of hydrogen-bond acceptors (Lipinski definition) is 5. The molecule has 2 atom stereocenters. The molecule has 0 aromatic carbocycles. The number of rotatable bonds is 3. The lowest BCUT2D eigenvalue weighted by Gasteiger charge is -2.29. The van der Waals surface area contributed by atoms with E-state index in [2.05, 4.69) is 15.3 Å². The van der Waals surface area contributed by atoms with Crippen LogP contribution in [0.5, 0.6) is 0 Å². The molecule has 0 radical (unpaired) electrons. The first-order valence-corrected chi connectivity index (χ1v) is 7.65. The number of β-amino-alcohol motifs (C(OH)–C–C–N with tert-alkyl or cyclic N) is 1. The summed E-state index contributed by atoms with van der Waals surface area (Å²) in [5, 5.41) is 12.9. The fourth-order valence-electron chi connectivity index (χ4n) is 2.72. The Bertz CT molecular complexity index is 390. The van der Waals surface area contributed by atoms with Gasteiger partial charge in [0, 0.05) is 25.1 Å². The van der Waals surface area contributed by atoms with Crippen LogP contribution in [0.1, 0.15) is 42.5 Å². The van der Waals surface area contributed by atoms with E-state index < -0.39 is 0 Å². The van der Waals surface area contributed by atoms with Gasteiger partial charge in [-0.2, -0.15) is 0 Å². The molecule has 0 aliphatic carbocycles. The molecule has 0 bridgehead atoms. The molecule has 2 fully saturated rings. The normalized spacial score (nSPS) is 29.8. The molecule has 1 N–H and O–H groups in total. The molecule has 1 aromatic heterocycles. The largest absolute Gasteiger partial charge is 0.392 e. The molecule has 4 nitrogen and oxygen atoms in total. The van der Waals surface area contributed by atoms with Gasteiger partial charge in [-0.05, 0) is 32.2 Å². The van der Waals surface area contributed by atoms with E-state index in [0.717, 1.165) is 62.6 Å². The van der Waals surface area contributed by atoms with Crippen molar-refractivity contribution in [2.24, 2.45) is 0 Å². The molecule has 0 spiro atoms. The van der Waals surface area contributed by atoms with Crippen LogP contribution in [0.2, 0.25) is 0 Å². The first kappa shape index (κ1) is 12.5. The summed E-state index contributed by atoms with van der Waals surface area (Å²) in [4.78, 5) is 6.98. The van der Waals surface area contributed by atoms with Crippen LogP contribution in [-0.4, -0.2) is 40.8 Å². The molecule has 0 saturated carbocycles. The molecule has 100 valence electrons. The van der Waals surface area contributed by atoms with Gasteiger partial charge in [0.25, 0.3) is 0 Å². The minimum atomic E-state index is -0.157. The van der Waals surface area contributed by atoms with Crippen molar-refractivity contribution >= 4 is 11.3 Å². The van der Waals surface area contributed by atoms with Crippen LogP contribution in [0.25, 0.3) is 0 Å². The smallest absolute Gasteiger partial charge is 0.122 e. The van der Waals surface area contributed by atoms with Crippen molar-refractivity contribution in [1.82, 2.24) is 9.88 Å². The van der Waals surface area contributed by atoms with Gasteiger partial charge < -0.3 is 9.84 Å². The van der Waals surface area contributed by atoms with E-state index in [4.69, 9.17) is 4.74 Å². The average Bonchev–Trinajstić information content (AvgIpc) is 2.98. The number of aliphatic hydroxyl groups excluding tert-OH is 1. The third kappa shape index (κ3) is 2.91. The lowest BCUT2D eigenvalue weighted by Crippen LogP contribution is -2.37. The molecule has 2 aliphatic heterocycles. The molecule has 0 amide bonds. The van der Waals surface area contributed by atoms with Crippen molar-refractivity contribution in [3.05, 3.63) is 16.1 Å². The van der Waals surface area contributed by atoms with Crippen LogP contribution < -0.4 is 0 Å². The second-order valence-corrected chi connectivity index (χ2v) is 6.10. The van der Waals surface area contributed by atoms with E-state index >= 15 is 0 Å². The van der Waals surface area contributed by atoms with Crippen molar-refractivity contribution in [2.75, 3.05) is 19.7 Å². The lowest BCUT2D eigenvalue weighted by molar-refractivity contribution is 0.0661. The van der Waals surface area contributed by atoms with Crippen LogP contribution in [0.3, 0.4) is 0 Å². The van der Waals surface area contributed by atoms with Crippen LogP contribution in [0.15, 0.2) is 5.38 Å². The topological polar surface area (TPSA) is 45.6 Å². The Morgan fingerprint density at radius 3 is 3.17 bits per heavy atom. The van der Waals surface area contributed by atoms with Crippen molar-refractivity contribution in [3.63, 3.8) is 0 Å². The Morgan fingerprint density at radius 2 is 2.39 bits per heavy atom. The third-order valence-electron chi connectivity index (χ3n) is 3.64. The highest BCUT2D eigenvalue weighted by Gasteiger charge is 2.22. The zero-order valence-corrected chi connectivity index (χ0v) is 11.4. The van der Waals surface area contributed by atoms with Gasteiger partial charge >= 0.3 is 0 Å². The van der Waals surface area contributed by atoms with Gasteiger partial charge in [0.1, 0.15) is 11.1 Å². The highest BCUT2D eigenvalue weighted by molar-refractivity contribution is 7.09. The minimum absolute atomic E-state index is 0.157. The summed E-state index contributed by atoms with van der Waals surface area (Å²) in [7, 11) is 0. The van der Waals surface area contributed by atoms with Gasteiger partial charge in [0.15, 0.2) is 0 Å². The zero-order valence-electron chi connectivity index (χ0n) is 10.5. The summed E-state index contributed by atoms with van der Waals surface area (Å²) in [6.07, 6.45) is 4.36. The number of likely N-dealkylation sites (tertiary alicyclic amines) is 1. The van der Waals surface area contributed by atoms with Gasteiger partial charge in [-0.3, -0.25) is 4.90 Å². The maximum Gasteiger partial charge on any atom is 0.122 e. The highest BCUT2D eigenvalue weighted by Crippen LogP contribution is 2.30. The number of aliphatic hydroxyl groups is 1. The second-order valence-electron chi connectivity index (χ2n) is 5.21. The summed E-state index contributed by atoms with van der Waals surface area (Å²) in [5.74, 6) is 0. The quantitative estimate of drug-likeness (QED) is 0.910. The summed E-state index contributed by atoms with van der Waals surface area (Å²) in [5.41, 5.74) is 1.12. The maximum absolute atomic E-state index is 9.66. The fourth-order valence-corrected chi connectivity index (χ4v) is 3.61. The summed E-state index contributed by atoms with van der Waals surface area (Å²) in [6.45, 7) is 3.59. The number of aromatic nitrogens is 1. The molecular weight excluding hydrogens is 248 g/mol. The Hall–Kier alpha value is -0.490. The van der Waals surface area contributed by atoms with Crippen LogP contribution >= 0.6 is 11.3 Å². The summed E-state index contributed by atoms with van der Waals surface area (Å²) >= 11 is 1.71. The Labute approximate surface area is 112 Å². The predicted octanol–water partition coefficient (Wildman–Crippen LogP) is 1.95. The Morgan fingerprint density at radius 1 is 1.44 bits per heavy atom. The SMILES string of the molecule is OC1CCCN(Cc2csc(C3CCCO3)n2)C1. The number of piperidine rings is 1. The monoisotopic (exact) mass is 268 g/mol. The van der Waals surface area contributed by atoms with Gasteiger partial charge in [0.05, 0.1) is 11.8 Å². The Kier molecular flexibility index (Phi) is 3.94. The van der Waals surface area contributed by atoms with E-state index in [-0.39, 0.29) is 12.2 Å². The standard InChI is InChI=1S/C13H20N2O2S/c16-11-3-1-5-15(8-11)7-10-9-18-13(14-10)12-4-2-6-17-12/h9,11-12,16H,1-8H2. The van der Waals surface area contributed by atoms with Crippen molar-refractivity contribution in [3.8, 4) is 0 Å². The minimum Gasteiger partial charge on any atom is -0.392 e. The summed E-state index contributed by atoms with van der Waals surface area (Å²) in [6, 6.07) is 0. The average molecular weight is 268 g/mol. The van der Waals surface area contributed by atoms with Crippen molar-refractivity contribution in [2.45, 2.75) is 44.4 Å². The number of nitrogens with zero attached hydrogens (tertiary/aromatic N) is 2. The molecule has 2 saturated heterocycles. The van der Waals surface area contributed by atoms with E-state index in [1.807, 2.05) is 0 Å². The molecule has 3 heterocycles. The molecule has 5 heteroatoms. The Balaban J connectivity index is 1.59. The van der Waals surface area contributed by atoms with E-state index in [1.54, 1.807) is 11.3 Å². The highest BCUT2D eigenvalue weighted by atomic mass is 32.1. The zero-order chi connectivity index (χ0) is 12.4.